The van der Waals surface area contributed by atoms with Gasteiger partial charge >= 0.3 is 6.36 Å². The number of benzene rings is 1. The molecule has 0 saturated carbocycles. The summed E-state index contributed by atoms with van der Waals surface area (Å²) in [5.41, 5.74) is -2.25. The largest absolute Gasteiger partial charge is 0.573 e. The van der Waals surface area contributed by atoms with Crippen molar-refractivity contribution in [2.45, 2.75) is 18.9 Å². The van der Waals surface area contributed by atoms with Crippen molar-refractivity contribution in [1.29, 1.82) is 0 Å². The van der Waals surface area contributed by atoms with Crippen LogP contribution >= 0.6 is 0 Å². The van der Waals surface area contributed by atoms with Gasteiger partial charge in [0, 0.05) is 5.56 Å². The topological polar surface area (TPSA) is 46.5 Å². The molecule has 3 nitrogen and oxygen atoms in total. The minimum absolute atomic E-state index is 0.144. The Bertz CT molecular complexity index is 385. The van der Waals surface area contributed by atoms with E-state index in [1.807, 2.05) is 0 Å². The van der Waals surface area contributed by atoms with Gasteiger partial charge in [0.2, 0.25) is 0 Å². The molecule has 16 heavy (non-hydrogen) atoms. The van der Waals surface area contributed by atoms with Crippen LogP contribution in [0.4, 0.5) is 13.2 Å². The molecule has 0 aromatic heterocycles. The Morgan fingerprint density at radius 2 is 1.88 bits per heavy atom. The number of aldehydes is 1. The number of alkyl halides is 3. The van der Waals surface area contributed by atoms with Crippen LogP contribution < -0.4 is 4.74 Å². The van der Waals surface area contributed by atoms with Crippen LogP contribution in [-0.2, 0) is 10.4 Å². The van der Waals surface area contributed by atoms with Gasteiger partial charge in [-0.05, 0) is 13.0 Å². The summed E-state index contributed by atoms with van der Waals surface area (Å²) in [6.07, 6.45) is -4.72. The minimum Gasteiger partial charge on any atom is -0.405 e. The monoisotopic (exact) mass is 234 g/mol. The number of halogens is 3. The fourth-order valence-electron chi connectivity index (χ4n) is 1.16. The molecule has 1 unspecified atom stereocenters. The number of hydrogen-bond donors (Lipinski definition) is 1. The smallest absolute Gasteiger partial charge is 0.405 e. The van der Waals surface area contributed by atoms with Crippen LogP contribution in [0.15, 0.2) is 24.3 Å². The second-order valence-corrected chi connectivity index (χ2v) is 3.31. The first-order valence-corrected chi connectivity index (χ1v) is 4.30. The molecule has 0 spiro atoms. The quantitative estimate of drug-likeness (QED) is 0.813. The summed E-state index contributed by atoms with van der Waals surface area (Å²) in [5, 5.41) is 9.56. The van der Waals surface area contributed by atoms with Gasteiger partial charge in [-0.25, -0.2) is 0 Å². The first-order chi connectivity index (χ1) is 7.26. The normalized spacial score (nSPS) is 15.3. The molecule has 1 aromatic rings. The molecule has 1 atom stereocenters. The minimum atomic E-state index is -4.87. The van der Waals surface area contributed by atoms with Crippen molar-refractivity contribution in [1.82, 2.24) is 0 Å². The average Bonchev–Trinajstić information content (AvgIpc) is 2.16. The van der Waals surface area contributed by atoms with Crippen molar-refractivity contribution in [2.75, 3.05) is 0 Å². The van der Waals surface area contributed by atoms with Crippen molar-refractivity contribution in [3.05, 3.63) is 29.8 Å². The third kappa shape index (κ3) is 2.96. The zero-order valence-corrected chi connectivity index (χ0v) is 8.28. The molecule has 0 aliphatic carbocycles. The van der Waals surface area contributed by atoms with Gasteiger partial charge < -0.3 is 9.84 Å². The van der Waals surface area contributed by atoms with Crippen LogP contribution in [0.25, 0.3) is 0 Å². The van der Waals surface area contributed by atoms with E-state index < -0.39 is 17.7 Å². The Kier molecular flexibility index (Phi) is 3.23. The van der Waals surface area contributed by atoms with Gasteiger partial charge in [0.15, 0.2) is 6.29 Å². The molecular formula is C10H9F3O3. The number of carbonyl (C=O) groups is 1. The van der Waals surface area contributed by atoms with Crippen LogP contribution in [0.5, 0.6) is 5.75 Å². The molecule has 1 N–H and O–H groups in total. The van der Waals surface area contributed by atoms with E-state index in [4.69, 9.17) is 0 Å². The summed E-state index contributed by atoms with van der Waals surface area (Å²) in [4.78, 5) is 10.6. The van der Waals surface area contributed by atoms with Crippen molar-refractivity contribution in [2.24, 2.45) is 0 Å². The van der Waals surface area contributed by atoms with Gasteiger partial charge in [-0.2, -0.15) is 0 Å². The molecule has 1 aromatic carbocycles. The molecule has 0 aliphatic rings. The number of ether oxygens (including phenoxy) is 1. The standard InChI is InChI=1S/C10H9F3O3/c1-9(15,6-14)7-4-2-3-5-8(7)16-10(11,12)13/h2-6,15H,1H3. The predicted octanol–water partition coefficient (Wildman–Crippen LogP) is 1.99. The van der Waals surface area contributed by atoms with Gasteiger partial charge in [-0.3, -0.25) is 4.79 Å². The van der Waals surface area contributed by atoms with Gasteiger partial charge in [0.05, 0.1) is 0 Å². The van der Waals surface area contributed by atoms with Crippen LogP contribution in [0.3, 0.4) is 0 Å². The highest BCUT2D eigenvalue weighted by Crippen LogP contribution is 2.32. The van der Waals surface area contributed by atoms with E-state index in [0.717, 1.165) is 13.0 Å². The highest BCUT2D eigenvalue weighted by molar-refractivity contribution is 5.67. The molecule has 6 heteroatoms. The highest BCUT2D eigenvalue weighted by atomic mass is 19.4. The molecule has 88 valence electrons. The second kappa shape index (κ2) is 4.13. The van der Waals surface area contributed by atoms with Crippen LogP contribution in [0, 0.1) is 0 Å². The van der Waals surface area contributed by atoms with E-state index in [2.05, 4.69) is 4.74 Å². The Labute approximate surface area is 89.5 Å². The SMILES string of the molecule is CC(O)(C=O)c1ccccc1OC(F)(F)F. The van der Waals surface area contributed by atoms with E-state index in [9.17, 15) is 23.1 Å². The number of rotatable bonds is 3. The van der Waals surface area contributed by atoms with Crippen molar-refractivity contribution < 1.29 is 27.8 Å². The van der Waals surface area contributed by atoms with E-state index >= 15 is 0 Å². The van der Waals surface area contributed by atoms with Gasteiger partial charge in [-0.15, -0.1) is 13.2 Å². The summed E-state index contributed by atoms with van der Waals surface area (Å²) in [5.74, 6) is -0.591. The lowest BCUT2D eigenvalue weighted by atomic mass is 9.97. The van der Waals surface area contributed by atoms with E-state index in [0.29, 0.717) is 0 Å². The summed E-state index contributed by atoms with van der Waals surface area (Å²) >= 11 is 0. The molecule has 0 amide bonds. The molecule has 1 rings (SSSR count). The maximum absolute atomic E-state index is 12.0. The molecule has 0 radical (unpaired) electrons. The molecule has 0 heterocycles. The lowest BCUT2D eigenvalue weighted by Crippen LogP contribution is -2.26. The molecule has 0 bridgehead atoms. The van der Waals surface area contributed by atoms with Crippen molar-refractivity contribution >= 4 is 6.29 Å². The molecule has 0 saturated heterocycles. The van der Waals surface area contributed by atoms with Crippen LogP contribution in [0.2, 0.25) is 0 Å². The Morgan fingerprint density at radius 3 is 2.38 bits per heavy atom. The zero-order chi connectivity index (χ0) is 12.4. The summed E-state index contributed by atoms with van der Waals surface area (Å²) in [6, 6.07) is 4.93. The third-order valence-corrected chi connectivity index (χ3v) is 1.89. The lowest BCUT2D eigenvalue weighted by molar-refractivity contribution is -0.275. The van der Waals surface area contributed by atoms with Gasteiger partial charge in [0.25, 0.3) is 0 Å². The second-order valence-electron chi connectivity index (χ2n) is 3.31. The summed E-state index contributed by atoms with van der Waals surface area (Å²) in [6.45, 7) is 1.08. The first kappa shape index (κ1) is 12.5. The lowest BCUT2D eigenvalue weighted by Gasteiger charge is -2.20. The van der Waals surface area contributed by atoms with E-state index in [1.165, 1.54) is 18.2 Å². The maximum Gasteiger partial charge on any atom is 0.573 e. The fourth-order valence-corrected chi connectivity index (χ4v) is 1.16. The average molecular weight is 234 g/mol. The fraction of sp³-hybridized carbons (Fsp3) is 0.300. The Balaban J connectivity index is 3.15. The van der Waals surface area contributed by atoms with Gasteiger partial charge in [0.1, 0.15) is 11.4 Å². The number of hydrogen-bond acceptors (Lipinski definition) is 3. The maximum atomic E-state index is 12.0. The van der Waals surface area contributed by atoms with E-state index in [-0.39, 0.29) is 11.8 Å². The number of aliphatic hydroxyl groups is 1. The van der Waals surface area contributed by atoms with Gasteiger partial charge in [-0.1, -0.05) is 18.2 Å². The number of carbonyl (C=O) groups excluding carboxylic acids is 1. The first-order valence-electron chi connectivity index (χ1n) is 4.30. The van der Waals surface area contributed by atoms with Crippen molar-refractivity contribution in [3.63, 3.8) is 0 Å². The molecular weight excluding hydrogens is 225 g/mol. The Morgan fingerprint density at radius 1 is 1.31 bits per heavy atom. The van der Waals surface area contributed by atoms with Crippen LogP contribution in [0.1, 0.15) is 12.5 Å². The molecule has 0 aliphatic heterocycles. The summed E-state index contributed by atoms with van der Waals surface area (Å²) < 4.78 is 39.8. The van der Waals surface area contributed by atoms with Crippen molar-refractivity contribution in [3.8, 4) is 5.75 Å². The van der Waals surface area contributed by atoms with E-state index in [1.54, 1.807) is 0 Å². The predicted molar refractivity (Wildman–Crippen MR) is 48.8 cm³/mol. The number of para-hydroxylation sites is 1. The van der Waals surface area contributed by atoms with Crippen LogP contribution in [-0.4, -0.2) is 17.8 Å². The Hall–Kier alpha value is -1.56. The summed E-state index contributed by atoms with van der Waals surface area (Å²) in [7, 11) is 0. The third-order valence-electron chi connectivity index (χ3n) is 1.89. The zero-order valence-electron chi connectivity index (χ0n) is 8.28. The highest BCUT2D eigenvalue weighted by Gasteiger charge is 2.35. The molecule has 0 fully saturated rings.